The quantitative estimate of drug-likeness (QED) is 0.784. The Labute approximate surface area is 172 Å². The molecule has 2 aromatic rings. The van der Waals surface area contributed by atoms with Gasteiger partial charge in [0.25, 0.3) is 5.91 Å². The fourth-order valence-corrected chi connectivity index (χ4v) is 5.29. The van der Waals surface area contributed by atoms with Crippen molar-refractivity contribution in [3.8, 4) is 11.5 Å². The van der Waals surface area contributed by atoms with Crippen LogP contribution in [0, 0.1) is 5.82 Å². The van der Waals surface area contributed by atoms with Gasteiger partial charge < -0.3 is 19.7 Å². The van der Waals surface area contributed by atoms with Crippen LogP contribution in [0.25, 0.3) is 0 Å². The first kappa shape index (κ1) is 19.6. The second kappa shape index (κ2) is 7.94. The van der Waals surface area contributed by atoms with E-state index in [1.807, 2.05) is 6.07 Å². The molecule has 4 rings (SSSR count). The molecule has 152 valence electrons. The van der Waals surface area contributed by atoms with Crippen molar-refractivity contribution in [2.24, 2.45) is 0 Å². The maximum absolute atomic E-state index is 13.7. The zero-order valence-corrected chi connectivity index (χ0v) is 16.9. The van der Waals surface area contributed by atoms with E-state index in [9.17, 15) is 14.0 Å². The number of ether oxygens (including phenoxy) is 2. The number of fused-ring (bicyclic) bond motifs is 3. The second-order valence-corrected chi connectivity index (χ2v) is 7.92. The monoisotopic (exact) mass is 416 g/mol. The molecular weight excluding hydrogens is 395 g/mol. The smallest absolute Gasteiger partial charge is 0.260 e. The molecule has 0 bridgehead atoms. The summed E-state index contributed by atoms with van der Waals surface area (Å²) < 4.78 is 24.5. The number of nitrogens with zero attached hydrogens (tertiary/aromatic N) is 1. The van der Waals surface area contributed by atoms with E-state index in [1.54, 1.807) is 40.9 Å². The number of nitrogens with one attached hydrogen (secondary N) is 1. The summed E-state index contributed by atoms with van der Waals surface area (Å²) in [6.07, 6.45) is 0.390. The summed E-state index contributed by atoms with van der Waals surface area (Å²) in [6.45, 7) is 0.303. The lowest BCUT2D eigenvalue weighted by molar-refractivity contribution is -0.124. The van der Waals surface area contributed by atoms with Crippen LogP contribution in [0.3, 0.4) is 0 Å². The Morgan fingerprint density at radius 1 is 1.24 bits per heavy atom. The van der Waals surface area contributed by atoms with Crippen molar-refractivity contribution in [1.29, 1.82) is 0 Å². The first-order valence-electron chi connectivity index (χ1n) is 9.27. The number of rotatable bonds is 6. The van der Waals surface area contributed by atoms with Crippen LogP contribution in [0.2, 0.25) is 0 Å². The number of methoxy groups -OCH3 is 2. The molecule has 2 aliphatic heterocycles. The second-order valence-electron chi connectivity index (χ2n) is 6.81. The molecule has 0 aromatic heterocycles. The van der Waals surface area contributed by atoms with Gasteiger partial charge in [-0.25, -0.2) is 4.39 Å². The Bertz CT molecular complexity index is 968. The van der Waals surface area contributed by atoms with E-state index in [1.165, 1.54) is 20.3 Å². The molecule has 1 unspecified atom stereocenters. The average Bonchev–Trinajstić information content (AvgIpc) is 3.28. The Balaban J connectivity index is 1.48. The van der Waals surface area contributed by atoms with Gasteiger partial charge in [-0.2, -0.15) is 0 Å². The zero-order valence-electron chi connectivity index (χ0n) is 16.1. The summed E-state index contributed by atoms with van der Waals surface area (Å²) in [6, 6.07) is 9.54. The molecule has 1 saturated heterocycles. The van der Waals surface area contributed by atoms with Crippen LogP contribution in [0.15, 0.2) is 36.4 Å². The zero-order chi connectivity index (χ0) is 20.5. The molecule has 0 radical (unpaired) electrons. The molecular formula is C21H21FN2O4S. The predicted molar refractivity (Wildman–Crippen MR) is 108 cm³/mol. The van der Waals surface area contributed by atoms with E-state index in [-0.39, 0.29) is 23.0 Å². The van der Waals surface area contributed by atoms with Crippen molar-refractivity contribution in [1.82, 2.24) is 10.2 Å². The molecule has 2 aromatic carbocycles. The first-order valence-corrected chi connectivity index (χ1v) is 10.3. The minimum atomic E-state index is -0.582. The molecule has 2 amide bonds. The van der Waals surface area contributed by atoms with Crippen molar-refractivity contribution < 1.29 is 23.5 Å². The topological polar surface area (TPSA) is 67.9 Å². The maximum Gasteiger partial charge on any atom is 0.260 e. The number of carbonyl (C=O) groups is 2. The van der Waals surface area contributed by atoms with Crippen molar-refractivity contribution in [3.63, 3.8) is 0 Å². The van der Waals surface area contributed by atoms with E-state index in [2.05, 4.69) is 5.32 Å². The lowest BCUT2D eigenvalue weighted by atomic mass is 10.1. The van der Waals surface area contributed by atoms with E-state index in [4.69, 9.17) is 9.47 Å². The Hall–Kier alpha value is -2.74. The fourth-order valence-electron chi connectivity index (χ4n) is 3.83. The van der Waals surface area contributed by atoms with Crippen molar-refractivity contribution >= 4 is 23.6 Å². The fraction of sp³-hybridized carbons (Fsp3) is 0.333. The summed E-state index contributed by atoms with van der Waals surface area (Å²) in [4.78, 5) is 27.5. The van der Waals surface area contributed by atoms with Gasteiger partial charge in [-0.3, -0.25) is 9.59 Å². The summed E-state index contributed by atoms with van der Waals surface area (Å²) in [5, 5.41) is 2.62. The third-order valence-electron chi connectivity index (χ3n) is 5.25. The van der Waals surface area contributed by atoms with Gasteiger partial charge >= 0.3 is 0 Å². The third kappa shape index (κ3) is 3.31. The first-order chi connectivity index (χ1) is 14.1. The van der Waals surface area contributed by atoms with E-state index < -0.39 is 6.04 Å². The van der Waals surface area contributed by atoms with Crippen LogP contribution in [0.1, 0.15) is 26.9 Å². The average molecular weight is 416 g/mol. The van der Waals surface area contributed by atoms with Crippen LogP contribution in [-0.4, -0.2) is 49.3 Å². The molecule has 6 nitrogen and oxygen atoms in total. The molecule has 2 heterocycles. The highest BCUT2D eigenvalue weighted by Gasteiger charge is 2.50. The molecule has 29 heavy (non-hydrogen) atoms. The predicted octanol–water partition coefficient (Wildman–Crippen LogP) is 2.77. The summed E-state index contributed by atoms with van der Waals surface area (Å²) in [7, 11) is 3.01. The van der Waals surface area contributed by atoms with Gasteiger partial charge in [-0.05, 0) is 24.1 Å². The number of benzene rings is 2. The molecule has 8 heteroatoms. The van der Waals surface area contributed by atoms with Gasteiger partial charge in [0.05, 0.1) is 19.8 Å². The lowest BCUT2D eigenvalue weighted by Crippen LogP contribution is -2.46. The van der Waals surface area contributed by atoms with Crippen molar-refractivity contribution in [2.75, 3.05) is 26.5 Å². The number of hydrogen-bond donors (Lipinski definition) is 1. The van der Waals surface area contributed by atoms with E-state index in [0.29, 0.717) is 41.3 Å². The largest absolute Gasteiger partial charge is 0.493 e. The normalized spacial score (nSPS) is 19.7. The number of carbonyl (C=O) groups excluding carboxylic acids is 2. The Morgan fingerprint density at radius 3 is 2.76 bits per heavy atom. The van der Waals surface area contributed by atoms with Crippen molar-refractivity contribution in [3.05, 3.63) is 58.9 Å². The Kier molecular flexibility index (Phi) is 5.36. The number of thioether (sulfide) groups is 1. The molecule has 0 aliphatic carbocycles. The van der Waals surface area contributed by atoms with Crippen LogP contribution in [-0.2, 0) is 11.2 Å². The highest BCUT2D eigenvalue weighted by atomic mass is 32.2. The summed E-state index contributed by atoms with van der Waals surface area (Å²) >= 11 is 1.55. The van der Waals surface area contributed by atoms with Gasteiger partial charge in [-0.15, -0.1) is 11.8 Å². The molecule has 1 fully saturated rings. The van der Waals surface area contributed by atoms with Gasteiger partial charge in [0.1, 0.15) is 17.2 Å². The van der Waals surface area contributed by atoms with Crippen LogP contribution < -0.4 is 14.8 Å². The highest BCUT2D eigenvalue weighted by molar-refractivity contribution is 7.99. The molecule has 2 aliphatic rings. The molecule has 0 saturated carbocycles. The number of hydrogen-bond acceptors (Lipinski definition) is 5. The van der Waals surface area contributed by atoms with Gasteiger partial charge in [0.15, 0.2) is 11.5 Å². The maximum atomic E-state index is 13.7. The van der Waals surface area contributed by atoms with Gasteiger partial charge in [-0.1, -0.05) is 24.3 Å². The van der Waals surface area contributed by atoms with Crippen LogP contribution in [0.5, 0.6) is 11.5 Å². The van der Waals surface area contributed by atoms with E-state index >= 15 is 0 Å². The standard InChI is InChI=1S/C21H21FN2O4S/c1-27-16-8-7-13-17(18(16)28-2)20(26)24-15(11-29-21(13)24)19(25)23-10-9-12-5-3-4-6-14(12)22/h3-8,15,21H,9-11H2,1-2H3,(H,23,25)/t15-,21?/m0/s1. The molecule has 1 N–H and O–H groups in total. The number of halogens is 1. The van der Waals surface area contributed by atoms with Crippen LogP contribution in [0.4, 0.5) is 4.39 Å². The molecule has 0 spiro atoms. The summed E-state index contributed by atoms with van der Waals surface area (Å²) in [5.74, 6) is 0.628. The van der Waals surface area contributed by atoms with Crippen LogP contribution >= 0.6 is 11.8 Å². The van der Waals surface area contributed by atoms with E-state index in [0.717, 1.165) is 5.56 Å². The SMILES string of the molecule is COc1ccc2c(c1OC)C(=O)N1C2SC[C@H]1C(=O)NCCc1ccccc1F. The van der Waals surface area contributed by atoms with Crippen molar-refractivity contribution in [2.45, 2.75) is 17.8 Å². The Morgan fingerprint density at radius 2 is 2.03 bits per heavy atom. The third-order valence-corrected chi connectivity index (χ3v) is 6.55. The molecule has 2 atom stereocenters. The number of amides is 2. The van der Waals surface area contributed by atoms with Gasteiger partial charge in [0, 0.05) is 17.9 Å². The van der Waals surface area contributed by atoms with Gasteiger partial charge in [0.2, 0.25) is 5.91 Å². The minimum Gasteiger partial charge on any atom is -0.493 e. The highest BCUT2D eigenvalue weighted by Crippen LogP contribution is 2.52. The lowest BCUT2D eigenvalue weighted by Gasteiger charge is -2.22. The summed E-state index contributed by atoms with van der Waals surface area (Å²) in [5.41, 5.74) is 1.83. The minimum absolute atomic E-state index is 0.223.